The molecule has 1 fully saturated rings. The van der Waals surface area contributed by atoms with Gasteiger partial charge < -0.3 is 10.2 Å². The van der Waals surface area contributed by atoms with Crippen molar-refractivity contribution in [2.24, 2.45) is 5.92 Å². The number of hydrogen-bond acceptors (Lipinski definition) is 4. The zero-order valence-corrected chi connectivity index (χ0v) is 11.9. The Labute approximate surface area is 110 Å². The van der Waals surface area contributed by atoms with E-state index in [1.807, 2.05) is 0 Å². The molecule has 6 heteroatoms. The van der Waals surface area contributed by atoms with Crippen molar-refractivity contribution < 1.29 is 18.6 Å². The molecular formula is C12H25NO4S. The number of aliphatic hydroxyl groups is 2. The minimum atomic E-state index is -3.45. The van der Waals surface area contributed by atoms with Crippen LogP contribution in [0.1, 0.15) is 45.4 Å². The van der Waals surface area contributed by atoms with E-state index >= 15 is 0 Å². The summed E-state index contributed by atoms with van der Waals surface area (Å²) in [7, 11) is -3.45. The normalized spacial score (nSPS) is 19.1. The van der Waals surface area contributed by atoms with E-state index < -0.39 is 15.6 Å². The highest BCUT2D eigenvalue weighted by molar-refractivity contribution is 7.89. The molecule has 1 rings (SSSR count). The lowest BCUT2D eigenvalue weighted by Gasteiger charge is -2.30. The fourth-order valence-corrected chi connectivity index (χ4v) is 4.42. The van der Waals surface area contributed by atoms with Crippen molar-refractivity contribution in [1.29, 1.82) is 0 Å². The van der Waals surface area contributed by atoms with Crippen LogP contribution in [0.25, 0.3) is 0 Å². The molecule has 3 N–H and O–H groups in total. The molecule has 0 atom stereocenters. The smallest absolute Gasteiger partial charge is 0.212 e. The highest BCUT2D eigenvalue weighted by atomic mass is 32.2. The third-order valence-corrected chi connectivity index (χ3v) is 5.49. The Bertz CT molecular complexity index is 324. The van der Waals surface area contributed by atoms with Gasteiger partial charge in [0.15, 0.2) is 0 Å². The monoisotopic (exact) mass is 279 g/mol. The quantitative estimate of drug-likeness (QED) is 0.637. The molecule has 0 aromatic carbocycles. The molecule has 0 bridgehead atoms. The topological polar surface area (TPSA) is 86.6 Å². The first kappa shape index (κ1) is 15.9. The van der Waals surface area contributed by atoms with E-state index in [2.05, 4.69) is 4.72 Å². The lowest BCUT2D eigenvalue weighted by atomic mass is 9.91. The summed E-state index contributed by atoms with van der Waals surface area (Å²) < 4.78 is 26.6. The second-order valence-corrected chi connectivity index (χ2v) is 7.10. The summed E-state index contributed by atoms with van der Waals surface area (Å²) in [6, 6.07) is 0. The Morgan fingerprint density at radius 3 is 2.17 bits per heavy atom. The largest absolute Gasteiger partial charge is 0.394 e. The van der Waals surface area contributed by atoms with Gasteiger partial charge in [-0.15, -0.1) is 0 Å². The molecule has 1 aliphatic rings. The Morgan fingerprint density at radius 1 is 1.17 bits per heavy atom. The highest BCUT2D eigenvalue weighted by Gasteiger charge is 2.33. The molecule has 0 amide bonds. The summed E-state index contributed by atoms with van der Waals surface area (Å²) >= 11 is 0. The Kier molecular flexibility index (Phi) is 6.04. The van der Waals surface area contributed by atoms with Crippen molar-refractivity contribution in [1.82, 2.24) is 4.72 Å². The van der Waals surface area contributed by atoms with Crippen molar-refractivity contribution in [3.63, 3.8) is 0 Å². The summed E-state index contributed by atoms with van der Waals surface area (Å²) in [5.41, 5.74) is -1.12. The van der Waals surface area contributed by atoms with Crippen LogP contribution in [-0.2, 0) is 10.0 Å². The third kappa shape index (κ3) is 4.50. The summed E-state index contributed by atoms with van der Waals surface area (Å²) in [6.45, 7) is 0.976. The highest BCUT2D eigenvalue weighted by Crippen LogP contribution is 2.25. The van der Waals surface area contributed by atoms with Crippen LogP contribution in [0.3, 0.4) is 0 Å². The summed E-state index contributed by atoms with van der Waals surface area (Å²) in [4.78, 5) is 0. The standard InChI is InChI=1S/C12H25NO4S/c1-2-12(9-14,10-15)13-18(16,17)8-11-6-4-3-5-7-11/h11,13-15H,2-10H2,1H3. The minimum absolute atomic E-state index is 0.106. The lowest BCUT2D eigenvalue weighted by molar-refractivity contribution is 0.105. The molecule has 1 aliphatic carbocycles. The predicted octanol–water partition coefficient (Wildman–Crippen LogP) is 0.619. The van der Waals surface area contributed by atoms with Crippen LogP contribution in [0.2, 0.25) is 0 Å². The Hall–Kier alpha value is -0.170. The molecule has 0 saturated heterocycles. The second kappa shape index (κ2) is 6.84. The summed E-state index contributed by atoms with van der Waals surface area (Å²) in [5, 5.41) is 18.5. The molecule has 1 saturated carbocycles. The van der Waals surface area contributed by atoms with Gasteiger partial charge in [0.25, 0.3) is 0 Å². The van der Waals surface area contributed by atoms with Crippen LogP contribution >= 0.6 is 0 Å². The van der Waals surface area contributed by atoms with Gasteiger partial charge in [0.1, 0.15) is 0 Å². The first-order valence-electron chi connectivity index (χ1n) is 6.70. The number of nitrogens with one attached hydrogen (secondary N) is 1. The van der Waals surface area contributed by atoms with Crippen LogP contribution in [0, 0.1) is 5.92 Å². The van der Waals surface area contributed by atoms with E-state index in [0.717, 1.165) is 25.7 Å². The van der Waals surface area contributed by atoms with Gasteiger partial charge in [-0.1, -0.05) is 26.2 Å². The van der Waals surface area contributed by atoms with E-state index in [1.54, 1.807) is 6.92 Å². The van der Waals surface area contributed by atoms with Crippen LogP contribution in [0.15, 0.2) is 0 Å². The van der Waals surface area contributed by atoms with Crippen LogP contribution in [-0.4, -0.2) is 43.1 Å². The molecule has 0 spiro atoms. The number of sulfonamides is 1. The first-order valence-corrected chi connectivity index (χ1v) is 8.35. The van der Waals surface area contributed by atoms with Gasteiger partial charge in [0, 0.05) is 0 Å². The van der Waals surface area contributed by atoms with E-state index in [1.165, 1.54) is 6.42 Å². The molecule has 0 aromatic heterocycles. The van der Waals surface area contributed by atoms with Crippen LogP contribution in [0.4, 0.5) is 0 Å². The molecule has 18 heavy (non-hydrogen) atoms. The molecule has 0 radical (unpaired) electrons. The summed E-state index contributed by atoms with van der Waals surface area (Å²) in [6.07, 6.45) is 5.66. The maximum Gasteiger partial charge on any atom is 0.212 e. The fourth-order valence-electron chi connectivity index (χ4n) is 2.45. The third-order valence-electron chi connectivity index (χ3n) is 3.83. The molecule has 0 heterocycles. The van der Waals surface area contributed by atoms with E-state index in [9.17, 15) is 18.6 Å². The minimum Gasteiger partial charge on any atom is -0.394 e. The van der Waals surface area contributed by atoms with Gasteiger partial charge >= 0.3 is 0 Å². The van der Waals surface area contributed by atoms with E-state index in [-0.39, 0.29) is 24.9 Å². The molecule has 5 nitrogen and oxygen atoms in total. The van der Waals surface area contributed by atoms with Gasteiger partial charge in [0.2, 0.25) is 10.0 Å². The number of hydrogen-bond donors (Lipinski definition) is 3. The van der Waals surface area contributed by atoms with Crippen molar-refractivity contribution in [3.05, 3.63) is 0 Å². The fraction of sp³-hybridized carbons (Fsp3) is 1.00. The lowest BCUT2D eigenvalue weighted by Crippen LogP contribution is -2.54. The molecule has 0 aromatic rings. The molecule has 0 aliphatic heterocycles. The zero-order chi connectivity index (χ0) is 13.6. The maximum absolute atomic E-state index is 12.1. The van der Waals surface area contributed by atoms with Crippen molar-refractivity contribution in [3.8, 4) is 0 Å². The zero-order valence-electron chi connectivity index (χ0n) is 11.1. The number of rotatable bonds is 7. The molecule has 0 unspecified atom stereocenters. The average molecular weight is 279 g/mol. The van der Waals surface area contributed by atoms with Crippen molar-refractivity contribution in [2.45, 2.75) is 51.0 Å². The Morgan fingerprint density at radius 2 is 1.72 bits per heavy atom. The maximum atomic E-state index is 12.1. The Balaban J connectivity index is 2.62. The summed E-state index contributed by atoms with van der Waals surface area (Å²) in [5.74, 6) is 0.317. The van der Waals surface area contributed by atoms with Gasteiger partial charge in [0.05, 0.1) is 24.5 Å². The van der Waals surface area contributed by atoms with E-state index in [4.69, 9.17) is 0 Å². The van der Waals surface area contributed by atoms with Gasteiger partial charge in [-0.3, -0.25) is 0 Å². The van der Waals surface area contributed by atoms with Crippen LogP contribution < -0.4 is 4.72 Å². The average Bonchev–Trinajstić information content (AvgIpc) is 2.37. The molecular weight excluding hydrogens is 254 g/mol. The van der Waals surface area contributed by atoms with Crippen LogP contribution in [0.5, 0.6) is 0 Å². The van der Waals surface area contributed by atoms with Gasteiger partial charge in [-0.2, -0.15) is 0 Å². The van der Waals surface area contributed by atoms with Gasteiger partial charge in [-0.05, 0) is 25.2 Å². The predicted molar refractivity (Wildman–Crippen MR) is 70.7 cm³/mol. The van der Waals surface area contributed by atoms with E-state index in [0.29, 0.717) is 6.42 Å². The van der Waals surface area contributed by atoms with Crippen molar-refractivity contribution in [2.75, 3.05) is 19.0 Å². The number of aliphatic hydroxyl groups excluding tert-OH is 2. The SMILES string of the molecule is CCC(CO)(CO)NS(=O)(=O)CC1CCCCC1. The van der Waals surface area contributed by atoms with Gasteiger partial charge in [-0.25, -0.2) is 13.1 Å². The first-order chi connectivity index (χ1) is 8.47. The molecule has 108 valence electrons. The van der Waals surface area contributed by atoms with Crippen molar-refractivity contribution >= 4 is 10.0 Å². The second-order valence-electron chi connectivity index (χ2n) is 5.34.